The third-order valence-corrected chi connectivity index (χ3v) is 3.59. The van der Waals surface area contributed by atoms with Gasteiger partial charge in [-0.2, -0.15) is 0 Å². The van der Waals surface area contributed by atoms with Crippen LogP contribution in [-0.4, -0.2) is 40.6 Å². The summed E-state index contributed by atoms with van der Waals surface area (Å²) in [7, 11) is 0. The fourth-order valence-electron chi connectivity index (χ4n) is 2.37. The van der Waals surface area contributed by atoms with E-state index in [2.05, 4.69) is 27.2 Å². The molecule has 0 aromatic carbocycles. The molecule has 18 heavy (non-hydrogen) atoms. The molecule has 1 aliphatic heterocycles. The lowest BCUT2D eigenvalue weighted by Gasteiger charge is -2.31. The highest BCUT2D eigenvalue weighted by Gasteiger charge is 2.21. The number of hydrogen-bond acceptors (Lipinski definition) is 4. The van der Waals surface area contributed by atoms with Crippen LogP contribution in [0.5, 0.6) is 0 Å². The zero-order valence-corrected chi connectivity index (χ0v) is 10.5. The predicted molar refractivity (Wildman–Crippen MR) is 70.5 cm³/mol. The van der Waals surface area contributed by atoms with E-state index in [1.54, 1.807) is 0 Å². The molecule has 1 aliphatic rings. The van der Waals surface area contributed by atoms with E-state index < -0.39 is 0 Å². The Bertz CT molecular complexity index is 385. The molecule has 3 N–H and O–H groups in total. The molecule has 1 aromatic rings. The summed E-state index contributed by atoms with van der Waals surface area (Å²) in [6.45, 7) is 3.10. The highest BCUT2D eigenvalue weighted by Crippen LogP contribution is 2.17. The zero-order valence-electron chi connectivity index (χ0n) is 10.5. The van der Waals surface area contributed by atoms with Crippen LogP contribution in [-0.2, 0) is 6.42 Å². The van der Waals surface area contributed by atoms with Crippen molar-refractivity contribution in [1.29, 1.82) is 0 Å². The molecule has 2 heterocycles. The molecule has 1 fully saturated rings. The van der Waals surface area contributed by atoms with Gasteiger partial charge in [0.05, 0.1) is 0 Å². The van der Waals surface area contributed by atoms with Crippen molar-refractivity contribution in [3.63, 3.8) is 0 Å². The van der Waals surface area contributed by atoms with E-state index in [0.29, 0.717) is 5.84 Å². The first-order chi connectivity index (χ1) is 8.79. The number of nitrogens with two attached hydrogens (primary N) is 1. The molecule has 0 aliphatic carbocycles. The van der Waals surface area contributed by atoms with Gasteiger partial charge in [0.1, 0.15) is 5.84 Å². The molecule has 0 amide bonds. The van der Waals surface area contributed by atoms with Crippen LogP contribution >= 0.6 is 0 Å². The Kier molecular flexibility index (Phi) is 4.52. The number of hydrogen-bond donors (Lipinski definition) is 2. The number of rotatable bonds is 4. The maximum absolute atomic E-state index is 8.65. The van der Waals surface area contributed by atoms with E-state index in [0.717, 1.165) is 38.9 Å². The van der Waals surface area contributed by atoms with Crippen LogP contribution < -0.4 is 5.73 Å². The normalized spacial score (nSPS) is 19.0. The first-order valence-corrected chi connectivity index (χ1v) is 6.38. The van der Waals surface area contributed by atoms with Crippen LogP contribution in [0.1, 0.15) is 18.4 Å². The minimum atomic E-state index is 0.243. The first-order valence-electron chi connectivity index (χ1n) is 6.38. The molecular weight excluding hydrogens is 228 g/mol. The van der Waals surface area contributed by atoms with Gasteiger partial charge in [-0.1, -0.05) is 5.16 Å². The van der Waals surface area contributed by atoms with Gasteiger partial charge in [0, 0.05) is 24.9 Å². The lowest BCUT2D eigenvalue weighted by atomic mass is 9.95. The Labute approximate surface area is 107 Å². The number of aromatic nitrogens is 1. The quantitative estimate of drug-likeness (QED) is 0.362. The molecular formula is C13H20N4O. The fourth-order valence-corrected chi connectivity index (χ4v) is 2.37. The molecule has 1 saturated heterocycles. The molecule has 0 radical (unpaired) electrons. The molecule has 1 aromatic heterocycles. The molecule has 0 unspecified atom stereocenters. The van der Waals surface area contributed by atoms with E-state index in [-0.39, 0.29) is 5.92 Å². The number of nitrogens with zero attached hydrogens (tertiary/aromatic N) is 3. The van der Waals surface area contributed by atoms with Gasteiger partial charge < -0.3 is 15.8 Å². The smallest absolute Gasteiger partial charge is 0.142 e. The van der Waals surface area contributed by atoms with Crippen LogP contribution in [0.2, 0.25) is 0 Å². The third kappa shape index (κ3) is 3.43. The average Bonchev–Trinajstić information content (AvgIpc) is 2.46. The molecule has 5 nitrogen and oxygen atoms in total. The van der Waals surface area contributed by atoms with Crippen molar-refractivity contribution in [2.75, 3.05) is 19.6 Å². The second-order valence-electron chi connectivity index (χ2n) is 4.75. The summed E-state index contributed by atoms with van der Waals surface area (Å²) in [5, 5.41) is 11.7. The monoisotopic (exact) mass is 248 g/mol. The van der Waals surface area contributed by atoms with Gasteiger partial charge in [-0.3, -0.25) is 4.98 Å². The molecule has 0 saturated carbocycles. The summed E-state index contributed by atoms with van der Waals surface area (Å²) < 4.78 is 0. The van der Waals surface area contributed by atoms with Gasteiger partial charge in [-0.25, -0.2) is 0 Å². The topological polar surface area (TPSA) is 74.7 Å². The van der Waals surface area contributed by atoms with E-state index in [9.17, 15) is 0 Å². The van der Waals surface area contributed by atoms with Crippen molar-refractivity contribution in [3.05, 3.63) is 30.1 Å². The summed E-state index contributed by atoms with van der Waals surface area (Å²) in [6.07, 6.45) is 6.68. The van der Waals surface area contributed by atoms with Crippen LogP contribution in [0.4, 0.5) is 0 Å². The van der Waals surface area contributed by atoms with Gasteiger partial charge in [0.15, 0.2) is 0 Å². The SMILES string of the molecule is NC(=NO)C1CCN(CCc2ccncc2)CC1. The molecule has 0 bridgehead atoms. The Morgan fingerprint density at radius 1 is 1.39 bits per heavy atom. The average molecular weight is 248 g/mol. The summed E-state index contributed by atoms with van der Waals surface area (Å²) in [4.78, 5) is 6.45. The van der Waals surface area contributed by atoms with Gasteiger partial charge in [-0.05, 0) is 50.0 Å². The van der Waals surface area contributed by atoms with E-state index in [4.69, 9.17) is 10.9 Å². The summed E-state index contributed by atoms with van der Waals surface area (Å²) >= 11 is 0. The fraction of sp³-hybridized carbons (Fsp3) is 0.538. The number of amidine groups is 1. The Morgan fingerprint density at radius 3 is 2.67 bits per heavy atom. The van der Waals surface area contributed by atoms with Crippen molar-refractivity contribution < 1.29 is 5.21 Å². The predicted octanol–water partition coefficient (Wildman–Crippen LogP) is 1.08. The Balaban J connectivity index is 1.74. The largest absolute Gasteiger partial charge is 0.409 e. The van der Waals surface area contributed by atoms with Crippen molar-refractivity contribution in [3.8, 4) is 0 Å². The minimum absolute atomic E-state index is 0.243. The molecule has 5 heteroatoms. The standard InChI is InChI=1S/C13H20N4O/c14-13(16-18)12-4-9-17(10-5-12)8-3-11-1-6-15-7-2-11/h1-2,6-7,12,18H,3-5,8-10H2,(H2,14,16). The van der Waals surface area contributed by atoms with Gasteiger partial charge >= 0.3 is 0 Å². The molecule has 0 spiro atoms. The number of oxime groups is 1. The van der Waals surface area contributed by atoms with Crippen molar-refractivity contribution in [2.45, 2.75) is 19.3 Å². The summed E-state index contributed by atoms with van der Waals surface area (Å²) in [6, 6.07) is 4.12. The minimum Gasteiger partial charge on any atom is -0.409 e. The third-order valence-electron chi connectivity index (χ3n) is 3.59. The molecule has 98 valence electrons. The molecule has 0 atom stereocenters. The van der Waals surface area contributed by atoms with Crippen LogP contribution in [0.3, 0.4) is 0 Å². The number of pyridine rings is 1. The van der Waals surface area contributed by atoms with Crippen molar-refractivity contribution in [2.24, 2.45) is 16.8 Å². The Hall–Kier alpha value is -1.62. The van der Waals surface area contributed by atoms with Gasteiger partial charge in [0.2, 0.25) is 0 Å². The Morgan fingerprint density at radius 2 is 2.06 bits per heavy atom. The summed E-state index contributed by atoms with van der Waals surface area (Å²) in [5.41, 5.74) is 6.96. The van der Waals surface area contributed by atoms with Crippen molar-refractivity contribution >= 4 is 5.84 Å². The second-order valence-corrected chi connectivity index (χ2v) is 4.75. The number of piperidine rings is 1. The first kappa shape index (κ1) is 12.8. The highest BCUT2D eigenvalue weighted by molar-refractivity contribution is 5.82. The second kappa shape index (κ2) is 6.35. The van der Waals surface area contributed by atoms with Gasteiger partial charge in [-0.15, -0.1) is 0 Å². The lowest BCUT2D eigenvalue weighted by Crippen LogP contribution is -2.39. The summed E-state index contributed by atoms with van der Waals surface area (Å²) in [5.74, 6) is 0.621. The molecule has 2 rings (SSSR count). The van der Waals surface area contributed by atoms with Crippen LogP contribution in [0.15, 0.2) is 29.7 Å². The highest BCUT2D eigenvalue weighted by atomic mass is 16.4. The maximum atomic E-state index is 8.65. The van der Waals surface area contributed by atoms with E-state index in [1.807, 2.05) is 12.4 Å². The van der Waals surface area contributed by atoms with Gasteiger partial charge in [0.25, 0.3) is 0 Å². The lowest BCUT2D eigenvalue weighted by molar-refractivity contribution is 0.208. The van der Waals surface area contributed by atoms with Crippen LogP contribution in [0.25, 0.3) is 0 Å². The maximum Gasteiger partial charge on any atom is 0.142 e. The van der Waals surface area contributed by atoms with Crippen LogP contribution in [0, 0.1) is 5.92 Å². The number of likely N-dealkylation sites (tertiary alicyclic amines) is 1. The van der Waals surface area contributed by atoms with Crippen molar-refractivity contribution in [1.82, 2.24) is 9.88 Å². The van der Waals surface area contributed by atoms with E-state index in [1.165, 1.54) is 5.56 Å². The van der Waals surface area contributed by atoms with E-state index >= 15 is 0 Å². The zero-order chi connectivity index (χ0) is 12.8.